The monoisotopic (exact) mass is 292 g/mol. The molecule has 0 radical (unpaired) electrons. The smallest absolute Gasteiger partial charge is 0.303 e. The summed E-state index contributed by atoms with van der Waals surface area (Å²) in [5, 5.41) is 33.2. The van der Waals surface area contributed by atoms with E-state index in [0.717, 1.165) is 38.5 Å². The van der Waals surface area contributed by atoms with Gasteiger partial charge in [-0.25, -0.2) is 0 Å². The summed E-state index contributed by atoms with van der Waals surface area (Å²) < 4.78 is 0. The molecule has 20 heavy (non-hydrogen) atoms. The van der Waals surface area contributed by atoms with E-state index in [1.165, 1.54) is 0 Å². The van der Waals surface area contributed by atoms with Crippen LogP contribution < -0.4 is 0 Å². The second-order valence-electron chi connectivity index (χ2n) is 4.77. The summed E-state index contributed by atoms with van der Waals surface area (Å²) in [4.78, 5) is 20.3. The zero-order valence-corrected chi connectivity index (χ0v) is 12.3. The molecule has 0 aromatic heterocycles. The number of carboxylic acid groups (broad SMARTS) is 2. The van der Waals surface area contributed by atoms with Crippen LogP contribution in [-0.2, 0) is 9.59 Å². The highest BCUT2D eigenvalue weighted by Gasteiger charge is 1.98. The first-order valence-corrected chi connectivity index (χ1v) is 7.12. The molecule has 0 aliphatic heterocycles. The number of hydrogen-bond donors (Lipinski definition) is 4. The summed E-state index contributed by atoms with van der Waals surface area (Å²) in [6, 6.07) is 0. The van der Waals surface area contributed by atoms with Crippen molar-refractivity contribution in [2.24, 2.45) is 0 Å². The van der Waals surface area contributed by atoms with Crippen molar-refractivity contribution in [3.8, 4) is 0 Å². The molecule has 0 bridgehead atoms. The van der Waals surface area contributed by atoms with Gasteiger partial charge in [-0.05, 0) is 26.2 Å². The number of aliphatic carboxylic acids is 2. The predicted octanol–water partition coefficient (Wildman–Crippen LogP) is 2.03. The molecule has 120 valence electrons. The van der Waals surface area contributed by atoms with Gasteiger partial charge in [0.1, 0.15) is 0 Å². The molecule has 0 aromatic rings. The fourth-order valence-electron chi connectivity index (χ4n) is 1.45. The van der Waals surface area contributed by atoms with Crippen molar-refractivity contribution in [3.05, 3.63) is 0 Å². The van der Waals surface area contributed by atoms with Crippen LogP contribution in [0, 0.1) is 0 Å². The van der Waals surface area contributed by atoms with Crippen molar-refractivity contribution in [1.29, 1.82) is 0 Å². The molecule has 0 saturated carbocycles. The summed E-state index contributed by atoms with van der Waals surface area (Å²) >= 11 is 0. The molecular weight excluding hydrogens is 264 g/mol. The van der Waals surface area contributed by atoms with Crippen molar-refractivity contribution >= 4 is 11.9 Å². The third-order valence-electron chi connectivity index (χ3n) is 2.58. The minimum absolute atomic E-state index is 0.0810. The average Bonchev–Trinajstić information content (AvgIpc) is 2.32. The Labute approximate surface area is 120 Å². The van der Waals surface area contributed by atoms with Gasteiger partial charge in [0, 0.05) is 19.4 Å². The number of aliphatic hydroxyl groups is 2. The van der Waals surface area contributed by atoms with Crippen LogP contribution in [0.5, 0.6) is 0 Å². The maximum Gasteiger partial charge on any atom is 0.303 e. The predicted molar refractivity (Wildman–Crippen MR) is 75.6 cm³/mol. The van der Waals surface area contributed by atoms with Gasteiger partial charge in [-0.3, -0.25) is 9.59 Å². The lowest BCUT2D eigenvalue weighted by molar-refractivity contribution is -0.138. The second-order valence-corrected chi connectivity index (χ2v) is 4.77. The molecule has 0 rings (SSSR count). The number of aliphatic hydroxyl groups excluding tert-OH is 2. The highest BCUT2D eigenvalue weighted by molar-refractivity contribution is 5.66. The third kappa shape index (κ3) is 25.6. The van der Waals surface area contributed by atoms with Crippen LogP contribution in [0.3, 0.4) is 0 Å². The highest BCUT2D eigenvalue weighted by Crippen LogP contribution is 2.08. The lowest BCUT2D eigenvalue weighted by atomic mass is 10.1. The quantitative estimate of drug-likeness (QED) is 0.433. The minimum atomic E-state index is -0.740. The van der Waals surface area contributed by atoms with Gasteiger partial charge in [0.15, 0.2) is 0 Å². The molecular formula is C14H28O6. The Morgan fingerprint density at radius 2 is 1.20 bits per heavy atom. The largest absolute Gasteiger partial charge is 0.481 e. The standard InChI is InChI=1S/C10H18O4.C4H10O2/c11-9(12)7-5-3-1-2-4-6-8-10(13)14;1-4(6)2-3-5/h1-8H2,(H,11,12)(H,13,14);4-6H,2-3H2,1H3. The topological polar surface area (TPSA) is 115 Å². The first kappa shape index (κ1) is 21.2. The van der Waals surface area contributed by atoms with E-state index in [4.69, 9.17) is 20.4 Å². The van der Waals surface area contributed by atoms with Crippen LogP contribution in [0.4, 0.5) is 0 Å². The summed E-state index contributed by atoms with van der Waals surface area (Å²) in [6.45, 7) is 1.73. The fraction of sp³-hybridized carbons (Fsp3) is 0.857. The lowest BCUT2D eigenvalue weighted by Gasteiger charge is -1.98. The fourth-order valence-corrected chi connectivity index (χ4v) is 1.45. The maximum absolute atomic E-state index is 10.1. The van der Waals surface area contributed by atoms with Gasteiger partial charge < -0.3 is 20.4 Å². The van der Waals surface area contributed by atoms with Gasteiger partial charge >= 0.3 is 11.9 Å². The Morgan fingerprint density at radius 3 is 1.40 bits per heavy atom. The Morgan fingerprint density at radius 1 is 0.850 bits per heavy atom. The van der Waals surface area contributed by atoms with Gasteiger partial charge in [-0.2, -0.15) is 0 Å². The number of unbranched alkanes of at least 4 members (excludes halogenated alkanes) is 5. The lowest BCUT2D eigenvalue weighted by Crippen LogP contribution is -2.00. The number of rotatable bonds is 11. The van der Waals surface area contributed by atoms with Gasteiger partial charge in [0.2, 0.25) is 0 Å². The highest BCUT2D eigenvalue weighted by atomic mass is 16.4. The third-order valence-corrected chi connectivity index (χ3v) is 2.58. The van der Waals surface area contributed by atoms with Gasteiger partial charge in [-0.1, -0.05) is 25.7 Å². The van der Waals surface area contributed by atoms with Crippen LogP contribution in [0.25, 0.3) is 0 Å². The molecule has 4 N–H and O–H groups in total. The number of carbonyl (C=O) groups is 2. The Balaban J connectivity index is 0. The van der Waals surface area contributed by atoms with Crippen LogP contribution >= 0.6 is 0 Å². The van der Waals surface area contributed by atoms with E-state index in [-0.39, 0.29) is 25.6 Å². The van der Waals surface area contributed by atoms with Crippen LogP contribution in [0.15, 0.2) is 0 Å². The van der Waals surface area contributed by atoms with Crippen molar-refractivity contribution < 1.29 is 30.0 Å². The zero-order valence-electron chi connectivity index (χ0n) is 12.3. The second kappa shape index (κ2) is 15.9. The number of hydrogen-bond acceptors (Lipinski definition) is 4. The zero-order chi connectivity index (χ0) is 15.8. The molecule has 0 saturated heterocycles. The molecule has 6 nitrogen and oxygen atoms in total. The van der Waals surface area contributed by atoms with Crippen LogP contribution in [0.2, 0.25) is 0 Å². The molecule has 0 aliphatic carbocycles. The Bertz CT molecular complexity index is 220. The molecule has 0 amide bonds. The van der Waals surface area contributed by atoms with Crippen LogP contribution in [-0.4, -0.2) is 45.1 Å². The summed E-state index contributed by atoms with van der Waals surface area (Å²) in [5.74, 6) is -1.48. The first-order chi connectivity index (χ1) is 9.40. The maximum atomic E-state index is 10.1. The summed E-state index contributed by atoms with van der Waals surface area (Å²) in [6.07, 6.45) is 5.96. The average molecular weight is 292 g/mol. The van der Waals surface area contributed by atoms with Gasteiger partial charge in [0.25, 0.3) is 0 Å². The Hall–Kier alpha value is -1.14. The minimum Gasteiger partial charge on any atom is -0.481 e. The van der Waals surface area contributed by atoms with Gasteiger partial charge in [0.05, 0.1) is 6.10 Å². The molecule has 0 fully saturated rings. The van der Waals surface area contributed by atoms with E-state index in [1.54, 1.807) is 6.92 Å². The van der Waals surface area contributed by atoms with E-state index in [0.29, 0.717) is 6.42 Å². The van der Waals surface area contributed by atoms with E-state index in [2.05, 4.69) is 0 Å². The van der Waals surface area contributed by atoms with Crippen molar-refractivity contribution in [3.63, 3.8) is 0 Å². The summed E-state index contributed by atoms with van der Waals surface area (Å²) in [5.41, 5.74) is 0. The van der Waals surface area contributed by atoms with E-state index in [1.807, 2.05) is 0 Å². The first-order valence-electron chi connectivity index (χ1n) is 7.12. The molecule has 0 spiro atoms. The normalized spacial score (nSPS) is 11.3. The molecule has 6 heteroatoms. The van der Waals surface area contributed by atoms with Crippen molar-refractivity contribution in [2.75, 3.05) is 6.61 Å². The van der Waals surface area contributed by atoms with E-state index >= 15 is 0 Å². The molecule has 0 aromatic carbocycles. The SMILES string of the molecule is CC(O)CCO.O=C(O)CCCCCCCCC(=O)O. The summed E-state index contributed by atoms with van der Waals surface area (Å²) in [7, 11) is 0. The van der Waals surface area contributed by atoms with Crippen LogP contribution in [0.1, 0.15) is 64.7 Å². The van der Waals surface area contributed by atoms with E-state index in [9.17, 15) is 9.59 Å². The Kier molecular flexibility index (Phi) is 16.8. The molecule has 0 heterocycles. The number of carboxylic acids is 2. The van der Waals surface area contributed by atoms with E-state index < -0.39 is 11.9 Å². The van der Waals surface area contributed by atoms with Crippen molar-refractivity contribution in [2.45, 2.75) is 70.8 Å². The van der Waals surface area contributed by atoms with Gasteiger partial charge in [-0.15, -0.1) is 0 Å². The molecule has 0 aliphatic rings. The molecule has 1 unspecified atom stereocenters. The molecule has 1 atom stereocenters. The van der Waals surface area contributed by atoms with Crippen molar-refractivity contribution in [1.82, 2.24) is 0 Å².